The molecule has 0 saturated carbocycles. The van der Waals surface area contributed by atoms with E-state index in [-0.39, 0.29) is 11.9 Å². The summed E-state index contributed by atoms with van der Waals surface area (Å²) in [6.45, 7) is 3.34. The number of hydrogen-bond donors (Lipinski definition) is 4. The predicted octanol–water partition coefficient (Wildman–Crippen LogP) is 7.74. The van der Waals surface area contributed by atoms with Gasteiger partial charge < -0.3 is 30.9 Å². The fourth-order valence-corrected chi connectivity index (χ4v) is 5.58. The highest BCUT2D eigenvalue weighted by atomic mass is 35.5. The molecule has 45 heavy (non-hydrogen) atoms. The number of carbonyl (C=O) groups is 2. The summed E-state index contributed by atoms with van der Waals surface area (Å²) in [7, 11) is 3.18. The van der Waals surface area contributed by atoms with Gasteiger partial charge in [0.15, 0.2) is 0 Å². The largest absolute Gasteiger partial charge is 0.494 e. The number of amides is 3. The number of fused-ring (bicyclic) bond motifs is 2. The first-order valence-electron chi connectivity index (χ1n) is 14.4. The van der Waals surface area contributed by atoms with Crippen LogP contribution in [-0.2, 0) is 0 Å². The van der Waals surface area contributed by atoms with Crippen molar-refractivity contribution in [1.29, 1.82) is 0 Å². The number of ether oxygens (including phenoxy) is 1. The van der Waals surface area contributed by atoms with E-state index < -0.39 is 0 Å². The molecule has 9 nitrogen and oxygen atoms in total. The lowest BCUT2D eigenvalue weighted by Crippen LogP contribution is -2.27. The molecule has 0 fully saturated rings. The Kier molecular flexibility index (Phi) is 10.1. The van der Waals surface area contributed by atoms with E-state index in [1.54, 1.807) is 20.2 Å². The number of urea groups is 1. The molecule has 4 N–H and O–H groups in total. The Balaban J connectivity index is 1.43. The molecule has 0 saturated heterocycles. The number of aryl methyl sites for hydroxylation is 1. The molecule has 0 aliphatic carbocycles. The molecular weight excluding hydrogens is 611 g/mol. The number of halogens is 2. The molecule has 0 radical (unpaired) electrons. The maximum Gasteiger partial charge on any atom is 0.323 e. The van der Waals surface area contributed by atoms with E-state index in [1.807, 2.05) is 79.7 Å². The Labute approximate surface area is 271 Å². The maximum atomic E-state index is 13.0. The van der Waals surface area contributed by atoms with Crippen LogP contribution in [0.25, 0.3) is 21.8 Å². The van der Waals surface area contributed by atoms with Crippen LogP contribution in [0.1, 0.15) is 15.9 Å². The average molecular weight is 646 g/mol. The lowest BCUT2D eigenvalue weighted by molar-refractivity contribution is 0.0964. The van der Waals surface area contributed by atoms with Gasteiger partial charge in [-0.05, 0) is 61.0 Å². The molecule has 11 heteroatoms. The number of nitrogens with one attached hydrogen (secondary N) is 4. The Morgan fingerprint density at radius 3 is 2.16 bits per heavy atom. The summed E-state index contributed by atoms with van der Waals surface area (Å²) in [5.41, 5.74) is 6.34. The van der Waals surface area contributed by atoms with E-state index in [9.17, 15) is 9.59 Å². The standard InChI is InChI=1S/C34H34Cl2N6O3/c1-21-10-11-23(39-34(44)38-22-12-14-24(15-13-22)42(18-16-35)19-17-36)20-28(21)40-30-25-6-4-8-27(33(43)37-2)31(25)41-32-26(30)7-5-9-29(32)45-3/h4-15,20H,16-19H2,1-3H3,(H,37,43)(H,40,41)(H2,38,39,44). The van der Waals surface area contributed by atoms with Gasteiger partial charge in [-0.3, -0.25) is 4.79 Å². The molecule has 232 valence electrons. The first-order valence-corrected chi connectivity index (χ1v) is 15.5. The number of nitrogens with zero attached hydrogens (tertiary/aromatic N) is 2. The van der Waals surface area contributed by atoms with Crippen molar-refractivity contribution in [3.8, 4) is 5.75 Å². The number of anilines is 5. The van der Waals surface area contributed by atoms with Gasteiger partial charge >= 0.3 is 6.03 Å². The second kappa shape index (κ2) is 14.4. The summed E-state index contributed by atoms with van der Waals surface area (Å²) >= 11 is 11.9. The van der Waals surface area contributed by atoms with Crippen molar-refractivity contribution in [1.82, 2.24) is 10.3 Å². The Hall–Kier alpha value is -4.73. The van der Waals surface area contributed by atoms with Crippen molar-refractivity contribution < 1.29 is 14.3 Å². The van der Waals surface area contributed by atoms with Crippen LogP contribution >= 0.6 is 23.2 Å². The molecule has 0 aliphatic rings. The minimum Gasteiger partial charge on any atom is -0.494 e. The second-order valence-electron chi connectivity index (χ2n) is 10.3. The number of para-hydroxylation sites is 2. The van der Waals surface area contributed by atoms with Crippen molar-refractivity contribution in [2.24, 2.45) is 0 Å². The molecule has 4 aromatic carbocycles. The maximum absolute atomic E-state index is 13.0. The van der Waals surface area contributed by atoms with Crippen LogP contribution < -0.4 is 30.9 Å². The fourth-order valence-electron chi connectivity index (χ4n) is 5.17. The third kappa shape index (κ3) is 7.00. The molecule has 1 heterocycles. The fraction of sp³-hybridized carbons (Fsp3) is 0.206. The van der Waals surface area contributed by atoms with Crippen LogP contribution in [-0.4, -0.2) is 55.9 Å². The third-order valence-electron chi connectivity index (χ3n) is 7.44. The van der Waals surface area contributed by atoms with Crippen molar-refractivity contribution in [3.63, 3.8) is 0 Å². The number of methoxy groups -OCH3 is 1. The molecule has 5 aromatic rings. The number of hydrogen-bond acceptors (Lipinski definition) is 6. The zero-order valence-corrected chi connectivity index (χ0v) is 26.7. The zero-order chi connectivity index (χ0) is 31.9. The van der Waals surface area contributed by atoms with E-state index in [0.717, 1.165) is 33.4 Å². The average Bonchev–Trinajstić information content (AvgIpc) is 3.05. The van der Waals surface area contributed by atoms with Crippen LogP contribution in [0.5, 0.6) is 5.75 Å². The van der Waals surface area contributed by atoms with Gasteiger partial charge in [0.1, 0.15) is 11.3 Å². The molecule has 0 atom stereocenters. The van der Waals surface area contributed by atoms with Crippen LogP contribution in [0, 0.1) is 6.92 Å². The first-order chi connectivity index (χ1) is 21.9. The van der Waals surface area contributed by atoms with Crippen LogP contribution in [0.2, 0.25) is 0 Å². The third-order valence-corrected chi connectivity index (χ3v) is 7.78. The van der Waals surface area contributed by atoms with Crippen molar-refractivity contribution >= 4 is 85.4 Å². The summed E-state index contributed by atoms with van der Waals surface area (Å²) in [5, 5.41) is 13.7. The van der Waals surface area contributed by atoms with Gasteiger partial charge in [0.2, 0.25) is 0 Å². The normalized spacial score (nSPS) is 10.9. The van der Waals surface area contributed by atoms with Gasteiger partial charge in [0.05, 0.1) is 23.9 Å². The van der Waals surface area contributed by atoms with Gasteiger partial charge in [0.25, 0.3) is 5.91 Å². The molecular formula is C34H34Cl2N6O3. The second-order valence-corrected chi connectivity index (χ2v) is 11.0. The minimum atomic E-state index is -0.379. The Morgan fingerprint density at radius 2 is 1.49 bits per heavy atom. The number of benzene rings is 4. The predicted molar refractivity (Wildman–Crippen MR) is 186 cm³/mol. The van der Waals surface area contributed by atoms with Crippen molar-refractivity contribution in [2.45, 2.75) is 6.92 Å². The van der Waals surface area contributed by atoms with Gasteiger partial charge in [-0.2, -0.15) is 0 Å². The van der Waals surface area contributed by atoms with Crippen molar-refractivity contribution in [2.75, 3.05) is 59.9 Å². The monoisotopic (exact) mass is 644 g/mol. The van der Waals surface area contributed by atoms with Gasteiger partial charge in [-0.15, -0.1) is 23.2 Å². The summed E-state index contributed by atoms with van der Waals surface area (Å²) < 4.78 is 5.63. The molecule has 1 aromatic heterocycles. The van der Waals surface area contributed by atoms with Gasteiger partial charge in [-0.25, -0.2) is 9.78 Å². The topological polar surface area (TPSA) is 108 Å². The Morgan fingerprint density at radius 1 is 0.844 bits per heavy atom. The SMILES string of the molecule is CNC(=O)c1cccc2c(Nc3cc(NC(=O)Nc4ccc(N(CCCl)CCCl)cc4)ccc3C)c3cccc(OC)c3nc12. The summed E-state index contributed by atoms with van der Waals surface area (Å²) in [6, 6.07) is 24.0. The van der Waals surface area contributed by atoms with Crippen LogP contribution in [0.4, 0.5) is 33.2 Å². The molecule has 5 rings (SSSR count). The zero-order valence-electron chi connectivity index (χ0n) is 25.2. The summed E-state index contributed by atoms with van der Waals surface area (Å²) in [5.74, 6) is 1.34. The lowest BCUT2D eigenvalue weighted by atomic mass is 10.0. The molecule has 0 spiro atoms. The highest BCUT2D eigenvalue weighted by molar-refractivity contribution is 6.19. The highest BCUT2D eigenvalue weighted by Gasteiger charge is 2.18. The number of pyridine rings is 1. The molecule has 0 bridgehead atoms. The van der Waals surface area contributed by atoms with Crippen LogP contribution in [0.15, 0.2) is 78.9 Å². The van der Waals surface area contributed by atoms with Crippen LogP contribution in [0.3, 0.4) is 0 Å². The molecule has 3 amide bonds. The number of rotatable bonds is 11. The number of carbonyl (C=O) groups excluding carboxylic acids is 2. The summed E-state index contributed by atoms with van der Waals surface area (Å²) in [4.78, 5) is 32.7. The minimum absolute atomic E-state index is 0.237. The quantitative estimate of drug-likeness (QED) is 0.0865. The van der Waals surface area contributed by atoms with Gasteiger partial charge in [-0.1, -0.05) is 30.3 Å². The van der Waals surface area contributed by atoms with Crippen molar-refractivity contribution in [3.05, 3.63) is 90.0 Å². The number of aromatic nitrogens is 1. The molecule has 0 unspecified atom stereocenters. The van der Waals surface area contributed by atoms with E-state index in [1.165, 1.54) is 0 Å². The number of alkyl halides is 2. The molecule has 0 aliphatic heterocycles. The lowest BCUT2D eigenvalue weighted by Gasteiger charge is -2.23. The van der Waals surface area contributed by atoms with Gasteiger partial charge in [0, 0.05) is 65.4 Å². The first kappa shape index (κ1) is 31.7. The summed E-state index contributed by atoms with van der Waals surface area (Å²) in [6.07, 6.45) is 0. The highest BCUT2D eigenvalue weighted by Crippen LogP contribution is 2.38. The van der Waals surface area contributed by atoms with E-state index in [4.69, 9.17) is 32.9 Å². The smallest absolute Gasteiger partial charge is 0.323 e. The Bertz CT molecular complexity index is 1840. The van der Waals surface area contributed by atoms with E-state index in [2.05, 4.69) is 26.2 Å². The van der Waals surface area contributed by atoms with E-state index >= 15 is 0 Å². The van der Waals surface area contributed by atoms with E-state index in [0.29, 0.717) is 58.6 Å².